The summed E-state index contributed by atoms with van der Waals surface area (Å²) in [5.74, 6) is 1.27. The molecule has 0 saturated carbocycles. The highest BCUT2D eigenvalue weighted by Gasteiger charge is 2.25. The number of nitrogens with one attached hydrogen (secondary N) is 1. The second-order valence-electron chi connectivity index (χ2n) is 10.7. The van der Waals surface area contributed by atoms with Crippen molar-refractivity contribution < 1.29 is 0 Å². The standard InChI is InChI=1S/C29H33N9/c30-28-33-29(32-22-16-20-10-11-23(37-14-3-4-15-37)12-13-25(20)31-18-22)36-38(28)26-17-21-8-5-7-19-6-1-2-9-24(19)27(21)35-34-26/h1-2,6,9,16-18,23H,3-5,7-8,10-15H2,(H3,30,32,33,36). The molecule has 7 rings (SSSR count). The third kappa shape index (κ3) is 4.41. The van der Waals surface area contributed by atoms with Gasteiger partial charge in [0.2, 0.25) is 11.9 Å². The first-order chi connectivity index (χ1) is 18.7. The number of nitrogens with zero attached hydrogens (tertiary/aromatic N) is 7. The Labute approximate surface area is 222 Å². The first kappa shape index (κ1) is 23.3. The molecule has 1 unspecified atom stereocenters. The molecule has 1 aliphatic heterocycles. The number of aromatic nitrogens is 6. The molecule has 0 bridgehead atoms. The maximum Gasteiger partial charge on any atom is 0.248 e. The molecule has 3 N–H and O–H groups in total. The van der Waals surface area contributed by atoms with Gasteiger partial charge in [0.05, 0.1) is 17.6 Å². The average molecular weight is 508 g/mol. The number of pyridine rings is 1. The average Bonchev–Trinajstić information content (AvgIpc) is 3.49. The predicted molar refractivity (Wildman–Crippen MR) is 148 cm³/mol. The molecule has 1 atom stereocenters. The Morgan fingerprint density at radius 2 is 1.71 bits per heavy atom. The number of rotatable bonds is 4. The van der Waals surface area contributed by atoms with E-state index in [1.807, 2.05) is 12.3 Å². The highest BCUT2D eigenvalue weighted by Crippen LogP contribution is 2.32. The summed E-state index contributed by atoms with van der Waals surface area (Å²) in [6, 6.07) is 13.4. The van der Waals surface area contributed by atoms with E-state index in [-0.39, 0.29) is 5.95 Å². The summed E-state index contributed by atoms with van der Waals surface area (Å²) in [5, 5.41) is 17.0. The van der Waals surface area contributed by atoms with Crippen LogP contribution in [-0.4, -0.2) is 54.0 Å². The van der Waals surface area contributed by atoms with Gasteiger partial charge < -0.3 is 16.0 Å². The molecule has 2 aliphatic carbocycles. The van der Waals surface area contributed by atoms with Gasteiger partial charge in [-0.1, -0.05) is 24.3 Å². The van der Waals surface area contributed by atoms with Gasteiger partial charge in [0, 0.05) is 17.3 Å². The van der Waals surface area contributed by atoms with E-state index in [0.29, 0.717) is 17.8 Å². The summed E-state index contributed by atoms with van der Waals surface area (Å²) in [5.41, 5.74) is 14.3. The second kappa shape index (κ2) is 9.79. The van der Waals surface area contributed by atoms with Gasteiger partial charge >= 0.3 is 0 Å². The van der Waals surface area contributed by atoms with Crippen LogP contribution in [0.25, 0.3) is 17.1 Å². The number of nitrogen functional groups attached to an aromatic ring is 1. The zero-order valence-corrected chi connectivity index (χ0v) is 21.6. The van der Waals surface area contributed by atoms with E-state index in [9.17, 15) is 0 Å². The van der Waals surface area contributed by atoms with E-state index in [0.717, 1.165) is 54.6 Å². The van der Waals surface area contributed by atoms with Crippen molar-refractivity contribution >= 4 is 17.6 Å². The summed E-state index contributed by atoms with van der Waals surface area (Å²) in [6.07, 6.45) is 12.1. The topological polar surface area (TPSA) is 111 Å². The number of hydrogen-bond acceptors (Lipinski definition) is 8. The summed E-state index contributed by atoms with van der Waals surface area (Å²) in [6.45, 7) is 2.50. The third-order valence-corrected chi connectivity index (χ3v) is 8.31. The molecule has 1 fully saturated rings. The van der Waals surface area contributed by atoms with E-state index < -0.39 is 0 Å². The molecule has 194 valence electrons. The van der Waals surface area contributed by atoms with Gasteiger partial charge in [-0.2, -0.15) is 9.67 Å². The number of fused-ring (bicyclic) bond motifs is 4. The molecule has 1 aromatic carbocycles. The van der Waals surface area contributed by atoms with Crippen LogP contribution < -0.4 is 11.1 Å². The van der Waals surface area contributed by atoms with Crippen LogP contribution in [0, 0.1) is 0 Å². The largest absolute Gasteiger partial charge is 0.368 e. The Bertz CT molecular complexity index is 1470. The zero-order valence-electron chi connectivity index (χ0n) is 21.6. The van der Waals surface area contributed by atoms with Crippen LogP contribution in [0.5, 0.6) is 0 Å². The van der Waals surface area contributed by atoms with Crippen molar-refractivity contribution in [2.24, 2.45) is 0 Å². The van der Waals surface area contributed by atoms with E-state index in [1.165, 1.54) is 55.6 Å². The number of anilines is 3. The maximum atomic E-state index is 6.28. The monoisotopic (exact) mass is 507 g/mol. The van der Waals surface area contributed by atoms with Crippen LogP contribution in [0.15, 0.2) is 42.6 Å². The summed E-state index contributed by atoms with van der Waals surface area (Å²) < 4.78 is 1.56. The van der Waals surface area contributed by atoms with Crippen molar-refractivity contribution in [2.45, 2.75) is 63.8 Å². The van der Waals surface area contributed by atoms with Crippen molar-refractivity contribution in [3.8, 4) is 17.1 Å². The molecule has 9 nitrogen and oxygen atoms in total. The lowest BCUT2D eigenvalue weighted by molar-refractivity contribution is 0.222. The van der Waals surface area contributed by atoms with Crippen molar-refractivity contribution in [1.29, 1.82) is 0 Å². The molecule has 0 radical (unpaired) electrons. The molecular formula is C29H33N9. The molecular weight excluding hydrogens is 474 g/mol. The van der Waals surface area contributed by atoms with Gasteiger partial charge in [-0.15, -0.1) is 15.3 Å². The lowest BCUT2D eigenvalue weighted by atomic mass is 10.0. The number of aryl methyl sites for hydroxylation is 4. The van der Waals surface area contributed by atoms with Crippen LogP contribution in [0.3, 0.4) is 0 Å². The summed E-state index contributed by atoms with van der Waals surface area (Å²) in [7, 11) is 0. The lowest BCUT2D eigenvalue weighted by Gasteiger charge is -2.25. The first-order valence-electron chi connectivity index (χ1n) is 13.9. The Morgan fingerprint density at radius 1 is 0.868 bits per heavy atom. The Morgan fingerprint density at radius 3 is 2.63 bits per heavy atom. The van der Waals surface area contributed by atoms with Crippen LogP contribution in [-0.2, 0) is 25.7 Å². The van der Waals surface area contributed by atoms with Gasteiger partial charge in [0.1, 0.15) is 0 Å². The van der Waals surface area contributed by atoms with E-state index in [4.69, 9.17) is 10.7 Å². The molecule has 9 heteroatoms. The number of likely N-dealkylation sites (tertiary alicyclic amines) is 1. The maximum absolute atomic E-state index is 6.28. The Hall–Kier alpha value is -3.85. The summed E-state index contributed by atoms with van der Waals surface area (Å²) in [4.78, 5) is 11.9. The van der Waals surface area contributed by atoms with E-state index >= 15 is 0 Å². The fourth-order valence-corrected chi connectivity index (χ4v) is 6.34. The van der Waals surface area contributed by atoms with Gasteiger partial charge in [-0.3, -0.25) is 4.98 Å². The first-order valence-corrected chi connectivity index (χ1v) is 13.9. The van der Waals surface area contributed by atoms with Crippen LogP contribution in [0.1, 0.15) is 54.5 Å². The number of nitrogens with two attached hydrogens (primary N) is 1. The normalized spacial score (nSPS) is 19.2. The highest BCUT2D eigenvalue weighted by molar-refractivity contribution is 5.68. The zero-order chi connectivity index (χ0) is 25.5. The third-order valence-electron chi connectivity index (χ3n) is 8.31. The van der Waals surface area contributed by atoms with Crippen molar-refractivity contribution in [3.05, 3.63) is 65.0 Å². The minimum absolute atomic E-state index is 0.270. The van der Waals surface area contributed by atoms with Gasteiger partial charge in [0.15, 0.2) is 5.82 Å². The molecule has 1 saturated heterocycles. The van der Waals surface area contributed by atoms with Crippen molar-refractivity contribution in [2.75, 3.05) is 24.1 Å². The Balaban J connectivity index is 1.10. The molecule has 4 aromatic rings. The minimum Gasteiger partial charge on any atom is -0.368 e. The molecule has 3 aliphatic rings. The number of hydrogen-bond donors (Lipinski definition) is 2. The van der Waals surface area contributed by atoms with Gasteiger partial charge in [-0.25, -0.2) is 0 Å². The second-order valence-corrected chi connectivity index (χ2v) is 10.7. The smallest absolute Gasteiger partial charge is 0.248 e. The quantitative estimate of drug-likeness (QED) is 0.394. The molecule has 38 heavy (non-hydrogen) atoms. The van der Waals surface area contributed by atoms with Crippen LogP contribution >= 0.6 is 0 Å². The minimum atomic E-state index is 0.270. The Kier molecular flexibility index (Phi) is 6.00. The van der Waals surface area contributed by atoms with E-state index in [1.54, 1.807) is 4.68 Å². The van der Waals surface area contributed by atoms with E-state index in [2.05, 4.69) is 60.8 Å². The molecule has 3 aromatic heterocycles. The van der Waals surface area contributed by atoms with Crippen molar-refractivity contribution in [1.82, 2.24) is 34.8 Å². The fraction of sp³-hybridized carbons (Fsp3) is 0.414. The molecule has 0 amide bonds. The number of benzene rings is 1. The SMILES string of the molecule is Nc1nc(Nc2cnc3c(c2)CCC(N2CCCC2)CC3)nn1-c1cc2c(nn1)-c1ccccc1CCC2. The summed E-state index contributed by atoms with van der Waals surface area (Å²) >= 11 is 0. The van der Waals surface area contributed by atoms with Crippen LogP contribution in [0.4, 0.5) is 17.6 Å². The van der Waals surface area contributed by atoms with Gasteiger partial charge in [-0.05, 0) is 99.7 Å². The van der Waals surface area contributed by atoms with Gasteiger partial charge in [0.25, 0.3) is 0 Å². The predicted octanol–water partition coefficient (Wildman–Crippen LogP) is 4.28. The lowest BCUT2D eigenvalue weighted by Crippen LogP contribution is -2.32. The highest BCUT2D eigenvalue weighted by atomic mass is 15.4. The fourth-order valence-electron chi connectivity index (χ4n) is 6.34. The molecule has 4 heterocycles. The van der Waals surface area contributed by atoms with Crippen LogP contribution in [0.2, 0.25) is 0 Å². The van der Waals surface area contributed by atoms with Crippen molar-refractivity contribution in [3.63, 3.8) is 0 Å². The molecule has 0 spiro atoms.